The van der Waals surface area contributed by atoms with Crippen LogP contribution in [0.1, 0.15) is 5.56 Å². The van der Waals surface area contributed by atoms with Crippen molar-refractivity contribution in [1.29, 1.82) is 0 Å². The van der Waals surface area contributed by atoms with Crippen LogP contribution in [0.25, 0.3) is 0 Å². The summed E-state index contributed by atoms with van der Waals surface area (Å²) >= 11 is 5.43. The Morgan fingerprint density at radius 1 is 1.43 bits per heavy atom. The predicted molar refractivity (Wildman–Crippen MR) is 52.2 cm³/mol. The van der Waals surface area contributed by atoms with Crippen LogP contribution in [-0.2, 0) is 16.4 Å². The van der Waals surface area contributed by atoms with Crippen LogP contribution in [0.15, 0.2) is 23.1 Å². The summed E-state index contributed by atoms with van der Waals surface area (Å²) in [6, 6.07) is 4.04. The maximum absolute atomic E-state index is 13.4. The summed E-state index contributed by atoms with van der Waals surface area (Å²) in [5.74, 6) is -0.582. The lowest BCUT2D eigenvalue weighted by atomic mass is 10.1. The summed E-state index contributed by atoms with van der Waals surface area (Å²) in [5.41, 5.74) is 0.256. The van der Waals surface area contributed by atoms with E-state index in [9.17, 15) is 12.8 Å². The number of alkyl halides is 1. The van der Waals surface area contributed by atoms with Crippen LogP contribution in [0.4, 0.5) is 4.39 Å². The highest BCUT2D eigenvalue weighted by atomic mass is 35.5. The highest BCUT2D eigenvalue weighted by molar-refractivity contribution is 7.89. The molecule has 0 heterocycles. The van der Waals surface area contributed by atoms with E-state index in [1.54, 1.807) is 0 Å². The molecule has 14 heavy (non-hydrogen) atoms. The van der Waals surface area contributed by atoms with Crippen LogP contribution >= 0.6 is 11.6 Å². The summed E-state index contributed by atoms with van der Waals surface area (Å²) in [4.78, 5) is -0.486. The third-order valence-corrected chi connectivity index (χ3v) is 2.83. The molecule has 0 amide bonds. The van der Waals surface area contributed by atoms with Crippen molar-refractivity contribution in [2.45, 2.75) is 11.3 Å². The molecule has 0 spiro atoms. The number of hydrogen-bond donors (Lipinski definition) is 1. The lowest BCUT2D eigenvalue weighted by molar-refractivity contribution is 0.560. The smallest absolute Gasteiger partial charge is 0.225 e. The van der Waals surface area contributed by atoms with Crippen LogP contribution < -0.4 is 5.14 Å². The van der Waals surface area contributed by atoms with E-state index in [4.69, 9.17) is 16.7 Å². The molecule has 0 saturated carbocycles. The SMILES string of the molecule is NS(=O)(=O)c1cccc(CCCl)c1F. The molecule has 0 aliphatic rings. The number of primary sulfonamides is 1. The van der Waals surface area contributed by atoms with E-state index in [-0.39, 0.29) is 17.9 Å². The zero-order valence-electron chi connectivity index (χ0n) is 7.20. The second-order valence-corrected chi connectivity index (χ2v) is 4.62. The normalized spacial score (nSPS) is 11.6. The first-order valence-corrected chi connectivity index (χ1v) is 5.91. The first kappa shape index (κ1) is 11.4. The van der Waals surface area contributed by atoms with Gasteiger partial charge in [-0.25, -0.2) is 17.9 Å². The molecule has 0 saturated heterocycles. The van der Waals surface area contributed by atoms with Gasteiger partial charge < -0.3 is 0 Å². The summed E-state index contributed by atoms with van der Waals surface area (Å²) in [7, 11) is -3.99. The van der Waals surface area contributed by atoms with Gasteiger partial charge in [-0.1, -0.05) is 12.1 Å². The molecule has 0 bridgehead atoms. The summed E-state index contributed by atoms with van der Waals surface area (Å²) in [5, 5.41) is 4.82. The molecular weight excluding hydrogens is 229 g/mol. The van der Waals surface area contributed by atoms with Crippen LogP contribution in [0.3, 0.4) is 0 Å². The van der Waals surface area contributed by atoms with Gasteiger partial charge in [0.15, 0.2) is 0 Å². The largest absolute Gasteiger partial charge is 0.240 e. The van der Waals surface area contributed by atoms with Gasteiger partial charge in [0.25, 0.3) is 0 Å². The fraction of sp³-hybridized carbons (Fsp3) is 0.250. The summed E-state index contributed by atoms with van der Waals surface area (Å²) in [6.45, 7) is 0. The molecule has 0 aromatic heterocycles. The van der Waals surface area contributed by atoms with E-state index in [1.807, 2.05) is 0 Å². The number of sulfonamides is 1. The topological polar surface area (TPSA) is 60.2 Å². The number of hydrogen-bond acceptors (Lipinski definition) is 2. The Morgan fingerprint density at radius 3 is 2.57 bits per heavy atom. The molecule has 2 N–H and O–H groups in total. The monoisotopic (exact) mass is 237 g/mol. The van der Waals surface area contributed by atoms with E-state index in [0.717, 1.165) is 6.07 Å². The van der Waals surface area contributed by atoms with Gasteiger partial charge >= 0.3 is 0 Å². The average Bonchev–Trinajstić information content (AvgIpc) is 2.07. The quantitative estimate of drug-likeness (QED) is 0.805. The molecule has 0 fully saturated rings. The third kappa shape index (κ3) is 2.43. The van der Waals surface area contributed by atoms with E-state index in [2.05, 4.69) is 0 Å². The van der Waals surface area contributed by atoms with Crippen molar-refractivity contribution < 1.29 is 12.8 Å². The molecule has 3 nitrogen and oxygen atoms in total. The van der Waals surface area contributed by atoms with Crippen LogP contribution in [-0.4, -0.2) is 14.3 Å². The zero-order chi connectivity index (χ0) is 10.8. The number of aryl methyl sites for hydroxylation is 1. The number of rotatable bonds is 3. The molecule has 0 unspecified atom stereocenters. The Labute approximate surface area is 86.7 Å². The molecule has 1 aromatic rings. The second-order valence-electron chi connectivity index (χ2n) is 2.71. The van der Waals surface area contributed by atoms with Crippen molar-refractivity contribution >= 4 is 21.6 Å². The molecule has 78 valence electrons. The van der Waals surface area contributed by atoms with Crippen molar-refractivity contribution in [2.75, 3.05) is 5.88 Å². The van der Waals surface area contributed by atoms with Gasteiger partial charge in [-0.15, -0.1) is 11.6 Å². The van der Waals surface area contributed by atoms with Gasteiger partial charge in [-0.05, 0) is 18.1 Å². The maximum Gasteiger partial charge on any atom is 0.240 e. The third-order valence-electron chi connectivity index (χ3n) is 1.71. The van der Waals surface area contributed by atoms with Crippen molar-refractivity contribution in [3.8, 4) is 0 Å². The average molecular weight is 238 g/mol. The Bertz CT molecular complexity index is 433. The number of halogens is 2. The first-order chi connectivity index (χ1) is 6.46. The fourth-order valence-corrected chi connectivity index (χ4v) is 1.92. The van der Waals surface area contributed by atoms with Crippen molar-refractivity contribution in [2.24, 2.45) is 5.14 Å². The van der Waals surface area contributed by atoms with Crippen molar-refractivity contribution in [1.82, 2.24) is 0 Å². The molecule has 0 aliphatic carbocycles. The van der Waals surface area contributed by atoms with Crippen LogP contribution in [0.5, 0.6) is 0 Å². The Balaban J connectivity index is 3.28. The Kier molecular flexibility index (Phi) is 3.47. The highest BCUT2D eigenvalue weighted by Gasteiger charge is 2.16. The molecule has 0 atom stereocenters. The summed E-state index contributed by atoms with van der Waals surface area (Å²) in [6.07, 6.45) is 0.275. The zero-order valence-corrected chi connectivity index (χ0v) is 8.78. The van der Waals surface area contributed by atoms with Gasteiger partial charge in [0.1, 0.15) is 10.7 Å². The number of nitrogens with two attached hydrogens (primary N) is 1. The molecule has 1 aromatic carbocycles. The number of benzene rings is 1. The Hall–Kier alpha value is -0.650. The minimum absolute atomic E-state index is 0.227. The maximum atomic E-state index is 13.4. The van der Waals surface area contributed by atoms with E-state index < -0.39 is 20.7 Å². The van der Waals surface area contributed by atoms with Gasteiger partial charge in [0.05, 0.1) is 0 Å². The lowest BCUT2D eigenvalue weighted by Gasteiger charge is -2.04. The molecular formula is C8H9ClFNO2S. The van der Waals surface area contributed by atoms with Crippen molar-refractivity contribution in [3.05, 3.63) is 29.6 Å². The molecule has 0 radical (unpaired) electrons. The predicted octanol–water partition coefficient (Wildman–Crippen LogP) is 1.25. The van der Waals surface area contributed by atoms with Crippen LogP contribution in [0, 0.1) is 5.82 Å². The summed E-state index contributed by atoms with van der Waals surface area (Å²) < 4.78 is 35.3. The molecule has 0 aliphatic heterocycles. The highest BCUT2D eigenvalue weighted by Crippen LogP contribution is 2.17. The first-order valence-electron chi connectivity index (χ1n) is 3.83. The van der Waals surface area contributed by atoms with Crippen LogP contribution in [0.2, 0.25) is 0 Å². The van der Waals surface area contributed by atoms with E-state index in [1.165, 1.54) is 12.1 Å². The molecule has 1 rings (SSSR count). The fourth-order valence-electron chi connectivity index (χ4n) is 1.07. The van der Waals surface area contributed by atoms with Gasteiger partial charge in [0.2, 0.25) is 10.0 Å². The van der Waals surface area contributed by atoms with E-state index >= 15 is 0 Å². The van der Waals surface area contributed by atoms with Crippen molar-refractivity contribution in [3.63, 3.8) is 0 Å². The minimum atomic E-state index is -3.99. The standard InChI is InChI=1S/C8H9ClFNO2S/c9-5-4-6-2-1-3-7(8(6)10)14(11,12)13/h1-3H,4-5H2,(H2,11,12,13). The Morgan fingerprint density at radius 2 is 2.07 bits per heavy atom. The van der Waals surface area contributed by atoms with Gasteiger partial charge in [0, 0.05) is 5.88 Å². The van der Waals surface area contributed by atoms with Gasteiger partial charge in [-0.3, -0.25) is 0 Å². The van der Waals surface area contributed by atoms with E-state index in [0.29, 0.717) is 0 Å². The van der Waals surface area contributed by atoms with Gasteiger partial charge in [-0.2, -0.15) is 0 Å². The second kappa shape index (κ2) is 4.25. The lowest BCUT2D eigenvalue weighted by Crippen LogP contribution is -2.15. The minimum Gasteiger partial charge on any atom is -0.225 e. The molecule has 6 heteroatoms.